The second-order valence-corrected chi connectivity index (χ2v) is 7.59. The molecule has 2 unspecified atom stereocenters. The smallest absolute Gasteiger partial charge is 0.289 e. The number of carbonyl (C=O) groups excluding carboxylic acids is 2. The number of imide groups is 1. The van der Waals surface area contributed by atoms with E-state index in [4.69, 9.17) is 0 Å². The molecule has 1 aromatic heterocycles. The van der Waals surface area contributed by atoms with Crippen molar-refractivity contribution in [2.24, 2.45) is 0 Å². The number of amides is 2. The SMILES string of the molecule is Cc1ccc2ncnc(NC3CCCCC3N3C(=O)CSC3=O)c2c1. The Labute approximate surface area is 150 Å². The van der Waals surface area contributed by atoms with Crippen molar-refractivity contribution in [2.75, 3.05) is 11.1 Å². The number of fused-ring (bicyclic) bond motifs is 1. The number of anilines is 1. The van der Waals surface area contributed by atoms with Gasteiger partial charge in [-0.05, 0) is 31.9 Å². The van der Waals surface area contributed by atoms with E-state index in [0.29, 0.717) is 0 Å². The number of nitrogens with one attached hydrogen (secondary N) is 1. The predicted molar refractivity (Wildman–Crippen MR) is 98.6 cm³/mol. The van der Waals surface area contributed by atoms with Crippen molar-refractivity contribution < 1.29 is 9.59 Å². The first-order valence-electron chi connectivity index (χ1n) is 8.60. The highest BCUT2D eigenvalue weighted by Crippen LogP contribution is 2.32. The molecule has 2 aromatic rings. The van der Waals surface area contributed by atoms with Gasteiger partial charge in [-0.1, -0.05) is 36.2 Å². The third kappa shape index (κ3) is 3.08. The van der Waals surface area contributed by atoms with Gasteiger partial charge in [0.25, 0.3) is 5.24 Å². The Kier molecular flexibility index (Phi) is 4.33. The van der Waals surface area contributed by atoms with Gasteiger partial charge in [0.1, 0.15) is 12.1 Å². The molecule has 2 aliphatic rings. The van der Waals surface area contributed by atoms with E-state index in [9.17, 15) is 9.59 Å². The van der Waals surface area contributed by atoms with Gasteiger partial charge in [0, 0.05) is 11.4 Å². The van der Waals surface area contributed by atoms with E-state index in [-0.39, 0.29) is 29.0 Å². The quantitative estimate of drug-likeness (QED) is 0.909. The number of aryl methyl sites for hydroxylation is 1. The molecule has 1 aliphatic heterocycles. The maximum absolute atomic E-state index is 12.2. The molecule has 0 bridgehead atoms. The minimum absolute atomic E-state index is 0.0268. The lowest BCUT2D eigenvalue weighted by Crippen LogP contribution is -2.50. The largest absolute Gasteiger partial charge is 0.365 e. The van der Waals surface area contributed by atoms with Crippen molar-refractivity contribution in [1.82, 2.24) is 14.9 Å². The fraction of sp³-hybridized carbons (Fsp3) is 0.444. The highest BCUT2D eigenvalue weighted by Gasteiger charge is 2.40. The van der Waals surface area contributed by atoms with Crippen LogP contribution in [0.5, 0.6) is 0 Å². The predicted octanol–water partition coefficient (Wildman–Crippen LogP) is 3.36. The van der Waals surface area contributed by atoms with Crippen molar-refractivity contribution in [2.45, 2.75) is 44.7 Å². The Hall–Kier alpha value is -2.15. The maximum atomic E-state index is 12.2. The van der Waals surface area contributed by atoms with Gasteiger partial charge >= 0.3 is 0 Å². The summed E-state index contributed by atoms with van der Waals surface area (Å²) in [5.74, 6) is 0.965. The minimum Gasteiger partial charge on any atom is -0.365 e. The Morgan fingerprint density at radius 3 is 2.84 bits per heavy atom. The zero-order valence-electron chi connectivity index (χ0n) is 14.1. The lowest BCUT2D eigenvalue weighted by molar-refractivity contribution is -0.126. The van der Waals surface area contributed by atoms with Crippen LogP contribution >= 0.6 is 11.8 Å². The van der Waals surface area contributed by atoms with Crippen LogP contribution in [0.25, 0.3) is 10.9 Å². The van der Waals surface area contributed by atoms with Crippen LogP contribution in [0.2, 0.25) is 0 Å². The topological polar surface area (TPSA) is 75.2 Å². The Balaban J connectivity index is 1.65. The van der Waals surface area contributed by atoms with Gasteiger partial charge in [-0.15, -0.1) is 0 Å². The molecule has 2 heterocycles. The van der Waals surface area contributed by atoms with E-state index in [2.05, 4.69) is 21.4 Å². The summed E-state index contributed by atoms with van der Waals surface area (Å²) in [6.45, 7) is 2.04. The zero-order chi connectivity index (χ0) is 17.4. The van der Waals surface area contributed by atoms with E-state index in [1.807, 2.05) is 19.1 Å². The third-order valence-electron chi connectivity index (χ3n) is 4.96. The van der Waals surface area contributed by atoms with Gasteiger partial charge in [0.15, 0.2) is 0 Å². The van der Waals surface area contributed by atoms with E-state index < -0.39 is 0 Å². The Bertz CT molecular complexity index is 825. The standard InChI is InChI=1S/C18H20N4O2S/c1-11-6-7-13-12(8-11)17(20-10-19-13)21-14-4-2-3-5-15(14)22-16(23)9-25-18(22)24/h6-8,10,14-15H,2-5,9H2,1H3,(H,19,20,21). The first kappa shape index (κ1) is 16.3. The van der Waals surface area contributed by atoms with E-state index >= 15 is 0 Å². The van der Waals surface area contributed by atoms with Crippen LogP contribution in [0.15, 0.2) is 24.5 Å². The summed E-state index contributed by atoms with van der Waals surface area (Å²) in [5, 5.41) is 4.37. The van der Waals surface area contributed by atoms with Gasteiger partial charge in [0.05, 0.1) is 17.3 Å². The van der Waals surface area contributed by atoms with Gasteiger partial charge < -0.3 is 5.32 Å². The summed E-state index contributed by atoms with van der Waals surface area (Å²) in [4.78, 5) is 34.5. The molecule has 25 heavy (non-hydrogen) atoms. The molecule has 0 radical (unpaired) electrons. The molecule has 7 heteroatoms. The van der Waals surface area contributed by atoms with Crippen molar-refractivity contribution >= 4 is 39.6 Å². The average Bonchev–Trinajstić information content (AvgIpc) is 2.95. The number of aromatic nitrogens is 2. The van der Waals surface area contributed by atoms with Crippen molar-refractivity contribution in [3.05, 3.63) is 30.1 Å². The second-order valence-electron chi connectivity index (χ2n) is 6.66. The fourth-order valence-corrected chi connectivity index (χ4v) is 4.50. The summed E-state index contributed by atoms with van der Waals surface area (Å²) in [6, 6.07) is 6.01. The fourth-order valence-electron chi connectivity index (χ4n) is 3.73. The molecule has 1 aliphatic carbocycles. The summed E-state index contributed by atoms with van der Waals surface area (Å²) in [5.41, 5.74) is 2.03. The van der Waals surface area contributed by atoms with Crippen molar-refractivity contribution in [3.8, 4) is 0 Å². The first-order chi connectivity index (χ1) is 12.1. The van der Waals surface area contributed by atoms with Gasteiger partial charge in [-0.2, -0.15) is 0 Å². The molecule has 2 atom stereocenters. The zero-order valence-corrected chi connectivity index (χ0v) is 14.9. The maximum Gasteiger partial charge on any atom is 0.289 e. The third-order valence-corrected chi connectivity index (χ3v) is 5.79. The molecule has 1 aromatic carbocycles. The molecule has 2 amide bonds. The molecule has 1 saturated carbocycles. The molecule has 2 fully saturated rings. The number of rotatable bonds is 3. The highest BCUT2D eigenvalue weighted by atomic mass is 32.2. The van der Waals surface area contributed by atoms with Gasteiger partial charge in [-0.3, -0.25) is 14.5 Å². The van der Waals surface area contributed by atoms with Crippen LogP contribution < -0.4 is 5.32 Å². The molecule has 130 valence electrons. The molecular formula is C18H20N4O2S. The average molecular weight is 356 g/mol. The first-order valence-corrected chi connectivity index (χ1v) is 9.59. The Morgan fingerprint density at radius 1 is 1.20 bits per heavy atom. The number of hydrogen-bond donors (Lipinski definition) is 1. The Morgan fingerprint density at radius 2 is 2.04 bits per heavy atom. The summed E-state index contributed by atoms with van der Waals surface area (Å²) >= 11 is 1.10. The van der Waals surface area contributed by atoms with E-state index in [0.717, 1.165) is 59.7 Å². The minimum atomic E-state index is -0.118. The van der Waals surface area contributed by atoms with Crippen molar-refractivity contribution in [1.29, 1.82) is 0 Å². The molecular weight excluding hydrogens is 336 g/mol. The number of carbonyl (C=O) groups is 2. The monoisotopic (exact) mass is 356 g/mol. The molecule has 1 N–H and O–H groups in total. The number of nitrogens with zero attached hydrogens (tertiary/aromatic N) is 3. The molecule has 6 nitrogen and oxygen atoms in total. The van der Waals surface area contributed by atoms with Crippen LogP contribution in [0, 0.1) is 6.92 Å². The lowest BCUT2D eigenvalue weighted by atomic mass is 9.89. The normalized spacial score (nSPS) is 24.1. The van der Waals surface area contributed by atoms with Crippen LogP contribution in [0.3, 0.4) is 0 Å². The van der Waals surface area contributed by atoms with Crippen LogP contribution in [-0.2, 0) is 4.79 Å². The van der Waals surface area contributed by atoms with Crippen LogP contribution in [-0.4, -0.2) is 43.9 Å². The molecule has 0 spiro atoms. The highest BCUT2D eigenvalue weighted by molar-refractivity contribution is 8.14. The van der Waals surface area contributed by atoms with Gasteiger partial charge in [-0.25, -0.2) is 9.97 Å². The lowest BCUT2D eigenvalue weighted by Gasteiger charge is -2.37. The summed E-state index contributed by atoms with van der Waals surface area (Å²) in [6.07, 6.45) is 5.44. The van der Waals surface area contributed by atoms with Crippen molar-refractivity contribution in [3.63, 3.8) is 0 Å². The number of thioether (sulfide) groups is 1. The van der Waals surface area contributed by atoms with Crippen LogP contribution in [0.1, 0.15) is 31.2 Å². The number of benzene rings is 1. The molecule has 4 rings (SSSR count). The van der Waals surface area contributed by atoms with Gasteiger partial charge in [0.2, 0.25) is 5.91 Å². The molecule has 1 saturated heterocycles. The second kappa shape index (κ2) is 6.63. The number of hydrogen-bond acceptors (Lipinski definition) is 6. The van der Waals surface area contributed by atoms with E-state index in [1.165, 1.54) is 4.90 Å². The summed E-state index contributed by atoms with van der Waals surface area (Å²) in [7, 11) is 0. The van der Waals surface area contributed by atoms with E-state index in [1.54, 1.807) is 6.33 Å². The van der Waals surface area contributed by atoms with Crippen LogP contribution in [0.4, 0.5) is 10.6 Å². The summed E-state index contributed by atoms with van der Waals surface area (Å²) < 4.78 is 0.